The summed E-state index contributed by atoms with van der Waals surface area (Å²) in [5, 5.41) is 3.57. The fourth-order valence-corrected chi connectivity index (χ4v) is 3.02. The van der Waals surface area contributed by atoms with Crippen LogP contribution in [-0.4, -0.2) is 24.0 Å². The number of hydrogen-bond donors (Lipinski definition) is 1. The van der Waals surface area contributed by atoms with E-state index < -0.39 is 0 Å². The van der Waals surface area contributed by atoms with Gasteiger partial charge in [0.05, 0.1) is 6.54 Å². The van der Waals surface area contributed by atoms with E-state index in [2.05, 4.69) is 36.1 Å². The van der Waals surface area contributed by atoms with Crippen LogP contribution in [0.25, 0.3) is 0 Å². The van der Waals surface area contributed by atoms with Crippen LogP contribution in [0.15, 0.2) is 6.07 Å². The van der Waals surface area contributed by atoms with E-state index in [1.54, 1.807) is 0 Å². The van der Waals surface area contributed by atoms with Crippen LogP contribution < -0.4 is 5.32 Å². The lowest BCUT2D eigenvalue weighted by Crippen LogP contribution is -2.23. The molecule has 1 aromatic rings. The van der Waals surface area contributed by atoms with Gasteiger partial charge in [-0.3, -0.25) is 4.90 Å². The van der Waals surface area contributed by atoms with Crippen LogP contribution in [0.4, 0.5) is 0 Å². The van der Waals surface area contributed by atoms with E-state index >= 15 is 0 Å². The molecule has 0 radical (unpaired) electrons. The Hall–Kier alpha value is -0.820. The third-order valence-corrected chi connectivity index (χ3v) is 4.46. The molecule has 0 spiro atoms. The molecule has 0 saturated heterocycles. The van der Waals surface area contributed by atoms with E-state index in [0.29, 0.717) is 0 Å². The van der Waals surface area contributed by atoms with E-state index in [9.17, 15) is 0 Å². The van der Waals surface area contributed by atoms with Crippen molar-refractivity contribution in [1.29, 1.82) is 0 Å². The normalized spacial score (nSPS) is 15.0. The van der Waals surface area contributed by atoms with Gasteiger partial charge in [-0.05, 0) is 37.9 Å². The largest absolute Gasteiger partial charge is 0.309 e. The summed E-state index contributed by atoms with van der Waals surface area (Å²) in [7, 11) is 0. The molecule has 1 saturated carbocycles. The van der Waals surface area contributed by atoms with E-state index in [0.717, 1.165) is 32.2 Å². The Bertz CT molecular complexity index is 426. The highest BCUT2D eigenvalue weighted by atomic mass is 32.1. The van der Waals surface area contributed by atoms with Crippen molar-refractivity contribution in [3.05, 3.63) is 21.4 Å². The minimum absolute atomic E-state index is 0.738. The molecule has 0 amide bonds. The monoisotopic (exact) mass is 262 g/mol. The summed E-state index contributed by atoms with van der Waals surface area (Å²) in [6.07, 6.45) is 8.09. The Balaban J connectivity index is 1.92. The third-order valence-electron chi connectivity index (χ3n) is 3.37. The van der Waals surface area contributed by atoms with E-state index in [1.165, 1.54) is 28.2 Å². The molecule has 0 bridgehead atoms. The number of nitrogens with one attached hydrogen (secondary N) is 1. The highest BCUT2D eigenvalue weighted by Gasteiger charge is 2.20. The zero-order valence-electron chi connectivity index (χ0n) is 11.3. The molecule has 1 aliphatic rings. The van der Waals surface area contributed by atoms with Crippen LogP contribution in [0.5, 0.6) is 0 Å². The maximum atomic E-state index is 5.39. The molecule has 98 valence electrons. The molecule has 3 heteroatoms. The Labute approximate surface area is 114 Å². The van der Waals surface area contributed by atoms with Crippen LogP contribution in [0.2, 0.25) is 0 Å². The highest BCUT2D eigenvalue weighted by Crippen LogP contribution is 2.25. The minimum atomic E-state index is 0.738. The van der Waals surface area contributed by atoms with Gasteiger partial charge < -0.3 is 5.32 Å². The van der Waals surface area contributed by atoms with E-state index in [-0.39, 0.29) is 0 Å². The van der Waals surface area contributed by atoms with Crippen molar-refractivity contribution in [1.82, 2.24) is 10.2 Å². The topological polar surface area (TPSA) is 15.3 Å². The van der Waals surface area contributed by atoms with E-state index in [4.69, 9.17) is 6.42 Å². The lowest BCUT2D eigenvalue weighted by atomic mass is 10.2. The molecule has 0 unspecified atom stereocenters. The Morgan fingerprint density at radius 3 is 2.94 bits per heavy atom. The molecule has 0 aromatic carbocycles. The van der Waals surface area contributed by atoms with Gasteiger partial charge in [0.2, 0.25) is 0 Å². The zero-order valence-corrected chi connectivity index (χ0v) is 12.1. The molecule has 0 atom stereocenters. The quantitative estimate of drug-likeness (QED) is 0.760. The smallest absolute Gasteiger partial charge is 0.0601 e. The summed E-state index contributed by atoms with van der Waals surface area (Å²) in [6, 6.07) is 3.12. The van der Waals surface area contributed by atoms with Gasteiger partial charge in [-0.25, -0.2) is 0 Å². The van der Waals surface area contributed by atoms with Gasteiger partial charge in [-0.1, -0.05) is 12.8 Å². The van der Waals surface area contributed by atoms with Crippen LogP contribution in [0.3, 0.4) is 0 Å². The predicted molar refractivity (Wildman–Crippen MR) is 78.7 cm³/mol. The van der Waals surface area contributed by atoms with Crippen molar-refractivity contribution in [3.63, 3.8) is 0 Å². The van der Waals surface area contributed by atoms with Crippen LogP contribution in [0, 0.1) is 19.3 Å². The summed E-state index contributed by atoms with van der Waals surface area (Å²) >= 11 is 1.91. The fourth-order valence-electron chi connectivity index (χ4n) is 2.01. The second-order valence-corrected chi connectivity index (χ2v) is 6.30. The van der Waals surface area contributed by atoms with Crippen LogP contribution in [-0.2, 0) is 13.1 Å². The van der Waals surface area contributed by atoms with Gasteiger partial charge in [0, 0.05) is 28.9 Å². The molecule has 2 rings (SSSR count). The Kier molecular flexibility index (Phi) is 4.82. The number of hydrogen-bond acceptors (Lipinski definition) is 3. The van der Waals surface area contributed by atoms with Crippen LogP contribution >= 0.6 is 11.3 Å². The summed E-state index contributed by atoms with van der Waals surface area (Å²) in [5.41, 5.74) is 1.43. The molecule has 2 nitrogen and oxygen atoms in total. The lowest BCUT2D eigenvalue weighted by Gasteiger charge is -2.16. The highest BCUT2D eigenvalue weighted by molar-refractivity contribution is 7.12. The maximum Gasteiger partial charge on any atom is 0.0601 e. The predicted octanol–water partition coefficient (Wildman–Crippen LogP) is 2.76. The molecule has 1 aromatic heterocycles. The molecule has 1 N–H and O–H groups in total. The van der Waals surface area contributed by atoms with Gasteiger partial charge >= 0.3 is 0 Å². The number of terminal acetylenes is 1. The van der Waals surface area contributed by atoms with Gasteiger partial charge in [0.15, 0.2) is 0 Å². The molecule has 18 heavy (non-hydrogen) atoms. The Morgan fingerprint density at radius 2 is 2.33 bits per heavy atom. The van der Waals surface area contributed by atoms with Crippen molar-refractivity contribution in [2.45, 2.75) is 45.8 Å². The molecule has 1 fully saturated rings. The second-order valence-electron chi connectivity index (χ2n) is 4.96. The Morgan fingerprint density at radius 1 is 1.56 bits per heavy atom. The molecule has 1 heterocycles. The number of aryl methyl sites for hydroxylation is 1. The van der Waals surface area contributed by atoms with Crippen molar-refractivity contribution in [3.8, 4) is 12.3 Å². The first kappa shape index (κ1) is 13.6. The second kappa shape index (κ2) is 6.38. The number of rotatable bonds is 7. The van der Waals surface area contributed by atoms with Gasteiger partial charge in [-0.2, -0.15) is 0 Å². The first-order chi connectivity index (χ1) is 8.72. The first-order valence-electron chi connectivity index (χ1n) is 6.70. The van der Waals surface area contributed by atoms with Crippen LogP contribution in [0.1, 0.15) is 35.1 Å². The zero-order chi connectivity index (χ0) is 13.0. The standard InChI is InChI=1S/C15H22N2S/c1-4-8-17(5-2)11-13-9-15(18-12(13)3)10-16-14-6-7-14/h1,9,14,16H,5-8,10-11H2,2-3H3. The van der Waals surface area contributed by atoms with E-state index in [1.807, 2.05) is 11.3 Å². The van der Waals surface area contributed by atoms with Gasteiger partial charge in [-0.15, -0.1) is 17.8 Å². The van der Waals surface area contributed by atoms with Crippen molar-refractivity contribution in [2.24, 2.45) is 0 Å². The molecular weight excluding hydrogens is 240 g/mol. The first-order valence-corrected chi connectivity index (χ1v) is 7.52. The average Bonchev–Trinajstić information content (AvgIpc) is 3.12. The molecular formula is C15H22N2S. The summed E-state index contributed by atoms with van der Waals surface area (Å²) in [5.74, 6) is 2.73. The summed E-state index contributed by atoms with van der Waals surface area (Å²) < 4.78 is 0. The van der Waals surface area contributed by atoms with Gasteiger partial charge in [0.25, 0.3) is 0 Å². The minimum Gasteiger partial charge on any atom is -0.309 e. The maximum absolute atomic E-state index is 5.39. The third kappa shape index (κ3) is 3.84. The summed E-state index contributed by atoms with van der Waals surface area (Å²) in [4.78, 5) is 5.18. The number of nitrogens with zero attached hydrogens (tertiary/aromatic N) is 1. The molecule has 1 aliphatic carbocycles. The van der Waals surface area contributed by atoms with Crippen molar-refractivity contribution >= 4 is 11.3 Å². The number of thiophene rings is 1. The lowest BCUT2D eigenvalue weighted by molar-refractivity contribution is 0.316. The molecule has 0 aliphatic heterocycles. The van der Waals surface area contributed by atoms with Crippen molar-refractivity contribution in [2.75, 3.05) is 13.1 Å². The SMILES string of the molecule is C#CCN(CC)Cc1cc(CNC2CC2)sc1C. The van der Waals surface area contributed by atoms with Gasteiger partial charge in [0.1, 0.15) is 0 Å². The summed E-state index contributed by atoms with van der Waals surface area (Å²) in [6.45, 7) is 8.12. The fraction of sp³-hybridized carbons (Fsp3) is 0.600. The average molecular weight is 262 g/mol. The van der Waals surface area contributed by atoms with Crippen molar-refractivity contribution < 1.29 is 0 Å².